The fourth-order valence-electron chi connectivity index (χ4n) is 2.97. The van der Waals surface area contributed by atoms with Crippen molar-refractivity contribution in [2.45, 2.75) is 44.9 Å². The van der Waals surface area contributed by atoms with Gasteiger partial charge in [-0.15, -0.1) is 11.3 Å². The van der Waals surface area contributed by atoms with Gasteiger partial charge in [0.05, 0.1) is 15.8 Å². The summed E-state index contributed by atoms with van der Waals surface area (Å²) in [6, 6.07) is 0. The van der Waals surface area contributed by atoms with E-state index in [0.29, 0.717) is 11.3 Å². The maximum Gasteiger partial charge on any atom is 0.303 e. The minimum atomic E-state index is -0.800. The number of rotatable bonds is 5. The van der Waals surface area contributed by atoms with E-state index in [1.807, 2.05) is 5.38 Å². The van der Waals surface area contributed by atoms with Crippen LogP contribution >= 0.6 is 43.2 Å². The first kappa shape index (κ1) is 16.2. The molecule has 0 unspecified atom stereocenters. The van der Waals surface area contributed by atoms with Crippen LogP contribution in [0.25, 0.3) is 0 Å². The number of carbonyl (C=O) groups is 2. The third-order valence-electron chi connectivity index (χ3n) is 3.92. The number of hydrogen-bond acceptors (Lipinski definition) is 3. The van der Waals surface area contributed by atoms with Gasteiger partial charge in [-0.1, -0.05) is 19.3 Å². The lowest BCUT2D eigenvalue weighted by molar-refractivity contribution is -0.140. The molecular weight excluding hydrogens is 408 g/mol. The van der Waals surface area contributed by atoms with Crippen molar-refractivity contribution in [3.05, 3.63) is 19.2 Å². The van der Waals surface area contributed by atoms with Crippen LogP contribution < -0.4 is 0 Å². The highest BCUT2D eigenvalue weighted by atomic mass is 79.9. The number of aliphatic carboxylic acids is 1. The number of halogens is 2. The Labute approximate surface area is 139 Å². The predicted octanol–water partition coefficient (Wildman–Crippen LogP) is 5.27. The fraction of sp³-hybridized carbons (Fsp3) is 0.571. The molecule has 0 spiro atoms. The van der Waals surface area contributed by atoms with Gasteiger partial charge in [0.25, 0.3) is 0 Å². The van der Waals surface area contributed by atoms with Crippen LogP contribution in [0.4, 0.5) is 0 Å². The van der Waals surface area contributed by atoms with Gasteiger partial charge in [0.2, 0.25) is 0 Å². The van der Waals surface area contributed by atoms with Crippen LogP contribution in [0.15, 0.2) is 14.3 Å². The van der Waals surface area contributed by atoms with Gasteiger partial charge in [-0.2, -0.15) is 0 Å². The third-order valence-corrected chi connectivity index (χ3v) is 7.49. The van der Waals surface area contributed by atoms with Crippen molar-refractivity contribution in [3.8, 4) is 0 Å². The van der Waals surface area contributed by atoms with Crippen molar-refractivity contribution in [1.82, 2.24) is 0 Å². The number of hydrogen-bond donors (Lipinski definition) is 1. The normalized spacial score (nSPS) is 17.9. The first-order chi connectivity index (χ1) is 9.43. The Morgan fingerprint density at radius 3 is 2.35 bits per heavy atom. The Morgan fingerprint density at radius 2 is 1.85 bits per heavy atom. The zero-order valence-corrected chi connectivity index (χ0v) is 14.9. The highest BCUT2D eigenvalue weighted by Crippen LogP contribution is 2.44. The molecule has 0 saturated heterocycles. The second-order valence-corrected chi connectivity index (χ2v) is 7.98. The molecule has 1 fully saturated rings. The van der Waals surface area contributed by atoms with Gasteiger partial charge in [-0.05, 0) is 50.1 Å². The molecule has 110 valence electrons. The van der Waals surface area contributed by atoms with Gasteiger partial charge >= 0.3 is 5.97 Å². The average molecular weight is 424 g/mol. The molecule has 0 amide bonds. The average Bonchev–Trinajstić information content (AvgIpc) is 2.70. The second kappa shape index (κ2) is 6.71. The molecule has 0 aliphatic heterocycles. The van der Waals surface area contributed by atoms with Crippen LogP contribution in [0.1, 0.15) is 54.6 Å². The number of ketones is 1. The molecule has 1 aromatic rings. The maximum absolute atomic E-state index is 12.5. The minimum absolute atomic E-state index is 0.0516. The molecule has 2 rings (SSSR count). The van der Waals surface area contributed by atoms with Crippen LogP contribution in [0, 0.1) is 5.41 Å². The molecule has 6 heteroatoms. The number of Topliss-reactive ketones (excluding diaryl/α,β-unsaturated/α-hetero) is 1. The zero-order chi connectivity index (χ0) is 14.8. The summed E-state index contributed by atoms with van der Waals surface area (Å²) in [6.07, 6.45) is 5.31. The van der Waals surface area contributed by atoms with Crippen LogP contribution in [0.5, 0.6) is 0 Å². The van der Waals surface area contributed by atoms with Gasteiger partial charge in [0, 0.05) is 16.3 Å². The molecule has 20 heavy (non-hydrogen) atoms. The smallest absolute Gasteiger partial charge is 0.303 e. The van der Waals surface area contributed by atoms with E-state index in [2.05, 4.69) is 31.9 Å². The molecular formula is C14H16Br2O3S. The maximum atomic E-state index is 12.5. The van der Waals surface area contributed by atoms with Gasteiger partial charge in [0.1, 0.15) is 0 Å². The summed E-state index contributed by atoms with van der Waals surface area (Å²) in [5.41, 5.74) is -0.350. The Kier molecular flexibility index (Phi) is 5.42. The number of thiophene rings is 1. The lowest BCUT2D eigenvalue weighted by atomic mass is 9.69. The predicted molar refractivity (Wildman–Crippen MR) is 86.4 cm³/mol. The molecule has 0 atom stereocenters. The highest BCUT2D eigenvalue weighted by molar-refractivity contribution is 9.13. The van der Waals surface area contributed by atoms with Crippen molar-refractivity contribution in [1.29, 1.82) is 0 Å². The Balaban J connectivity index is 2.17. The standard InChI is InChI=1S/C14H16Br2O3S/c15-9-8-20-13(12(9)16)10(17)6-14(7-11(18)19)4-2-1-3-5-14/h8H,1-7H2,(H,18,19). The molecule has 1 aliphatic carbocycles. The molecule has 0 bridgehead atoms. The minimum Gasteiger partial charge on any atom is -0.481 e. The third kappa shape index (κ3) is 3.71. The van der Waals surface area contributed by atoms with Crippen LogP contribution in [0.2, 0.25) is 0 Å². The van der Waals surface area contributed by atoms with Crippen molar-refractivity contribution >= 4 is 54.9 Å². The van der Waals surface area contributed by atoms with Crippen LogP contribution in [-0.4, -0.2) is 16.9 Å². The fourth-order valence-corrected chi connectivity index (χ4v) is 5.10. The van der Waals surface area contributed by atoms with Gasteiger partial charge in [-0.25, -0.2) is 0 Å². The van der Waals surface area contributed by atoms with E-state index < -0.39 is 5.97 Å². The monoisotopic (exact) mass is 422 g/mol. The first-order valence-corrected chi connectivity index (χ1v) is 9.08. The molecule has 1 N–H and O–H groups in total. The molecule has 3 nitrogen and oxygen atoms in total. The van der Waals surface area contributed by atoms with Gasteiger partial charge in [-0.3, -0.25) is 9.59 Å². The van der Waals surface area contributed by atoms with Crippen molar-refractivity contribution in [2.75, 3.05) is 0 Å². The van der Waals surface area contributed by atoms with Crippen molar-refractivity contribution < 1.29 is 14.7 Å². The quantitative estimate of drug-likeness (QED) is 0.656. The van der Waals surface area contributed by atoms with E-state index in [0.717, 1.165) is 41.0 Å². The van der Waals surface area contributed by atoms with E-state index in [-0.39, 0.29) is 17.6 Å². The lowest BCUT2D eigenvalue weighted by Gasteiger charge is -2.35. The number of carboxylic acid groups (broad SMARTS) is 1. The first-order valence-electron chi connectivity index (χ1n) is 6.61. The van der Waals surface area contributed by atoms with E-state index >= 15 is 0 Å². The summed E-state index contributed by atoms with van der Waals surface area (Å²) >= 11 is 8.19. The summed E-state index contributed by atoms with van der Waals surface area (Å²) in [5.74, 6) is -0.748. The van der Waals surface area contributed by atoms with E-state index in [1.54, 1.807) is 0 Å². The Bertz CT molecular complexity index is 518. The summed E-state index contributed by atoms with van der Waals surface area (Å²) in [4.78, 5) is 24.3. The molecule has 1 aliphatic rings. The summed E-state index contributed by atoms with van der Waals surface area (Å²) < 4.78 is 1.66. The summed E-state index contributed by atoms with van der Waals surface area (Å²) in [5, 5.41) is 11.0. The number of carbonyl (C=O) groups excluding carboxylic acids is 1. The second-order valence-electron chi connectivity index (χ2n) is 5.46. The topological polar surface area (TPSA) is 54.4 Å². The lowest BCUT2D eigenvalue weighted by Crippen LogP contribution is -2.30. The van der Waals surface area contributed by atoms with Crippen molar-refractivity contribution in [2.24, 2.45) is 5.41 Å². The van der Waals surface area contributed by atoms with Crippen molar-refractivity contribution in [3.63, 3.8) is 0 Å². The number of carboxylic acids is 1. The van der Waals surface area contributed by atoms with Gasteiger partial charge < -0.3 is 5.11 Å². The summed E-state index contributed by atoms with van der Waals surface area (Å²) in [7, 11) is 0. The van der Waals surface area contributed by atoms with Gasteiger partial charge in [0.15, 0.2) is 5.78 Å². The Hall–Kier alpha value is -0.200. The highest BCUT2D eigenvalue weighted by Gasteiger charge is 2.37. The molecule has 1 saturated carbocycles. The SMILES string of the molecule is O=C(O)CC1(CC(=O)c2scc(Br)c2Br)CCCCC1. The van der Waals surface area contributed by atoms with E-state index in [9.17, 15) is 9.59 Å². The summed E-state index contributed by atoms with van der Waals surface area (Å²) in [6.45, 7) is 0. The van der Waals surface area contributed by atoms with E-state index in [4.69, 9.17) is 5.11 Å². The molecule has 1 heterocycles. The molecule has 0 radical (unpaired) electrons. The largest absolute Gasteiger partial charge is 0.481 e. The molecule has 1 aromatic heterocycles. The van der Waals surface area contributed by atoms with Crippen LogP contribution in [0.3, 0.4) is 0 Å². The van der Waals surface area contributed by atoms with Crippen LogP contribution in [-0.2, 0) is 4.79 Å². The zero-order valence-electron chi connectivity index (χ0n) is 11.0. The molecule has 0 aromatic carbocycles. The van der Waals surface area contributed by atoms with E-state index in [1.165, 1.54) is 11.3 Å². The Morgan fingerprint density at radius 1 is 1.20 bits per heavy atom.